The number of carbonyl (C=O) groups is 1. The second-order valence-electron chi connectivity index (χ2n) is 7.80. The van der Waals surface area contributed by atoms with Crippen molar-refractivity contribution in [2.75, 3.05) is 20.2 Å². The van der Waals surface area contributed by atoms with Gasteiger partial charge in [0, 0.05) is 43.9 Å². The Kier molecular flexibility index (Phi) is 5.25. The summed E-state index contributed by atoms with van der Waals surface area (Å²) in [5, 5.41) is 0.625. The number of pyridine rings is 2. The molecule has 2 aromatic heterocycles. The molecule has 0 aromatic carbocycles. The molecule has 1 saturated heterocycles. The fourth-order valence-electron chi connectivity index (χ4n) is 4.54. The van der Waals surface area contributed by atoms with E-state index in [4.69, 9.17) is 4.74 Å². The summed E-state index contributed by atoms with van der Waals surface area (Å²) in [5.74, 6) is 0.728. The Morgan fingerprint density at radius 3 is 2.63 bits per heavy atom. The molecule has 2 aromatic rings. The molecule has 0 atom stereocenters. The fraction of sp³-hybridized carbons (Fsp3) is 0.571. The highest BCUT2D eigenvalue weighted by atomic mass is 16.5. The predicted molar refractivity (Wildman–Crippen MR) is 104 cm³/mol. The van der Waals surface area contributed by atoms with E-state index in [1.165, 1.54) is 0 Å². The van der Waals surface area contributed by atoms with Gasteiger partial charge in [0.15, 0.2) is 0 Å². The minimum absolute atomic E-state index is 0.0796. The molecule has 1 aliphatic carbocycles. The fourth-order valence-corrected chi connectivity index (χ4v) is 4.54. The summed E-state index contributed by atoms with van der Waals surface area (Å²) in [4.78, 5) is 34.5. The lowest BCUT2D eigenvalue weighted by Crippen LogP contribution is -2.42. The van der Waals surface area contributed by atoms with Crippen molar-refractivity contribution >= 4 is 16.8 Å². The Labute approximate surface area is 158 Å². The van der Waals surface area contributed by atoms with Crippen LogP contribution < -0.4 is 5.56 Å². The van der Waals surface area contributed by atoms with Gasteiger partial charge in [0.25, 0.3) is 5.56 Å². The number of ether oxygens (including phenoxy) is 1. The Bertz CT molecular complexity index is 862. The van der Waals surface area contributed by atoms with E-state index in [-0.39, 0.29) is 17.4 Å². The number of aromatic nitrogens is 2. The molecule has 144 valence electrons. The maximum atomic E-state index is 12.8. The van der Waals surface area contributed by atoms with Crippen LogP contribution in [0.1, 0.15) is 50.1 Å². The first kappa shape index (κ1) is 18.2. The van der Waals surface area contributed by atoms with Crippen molar-refractivity contribution in [1.29, 1.82) is 0 Å². The second-order valence-corrected chi connectivity index (χ2v) is 7.80. The van der Waals surface area contributed by atoms with Crippen molar-refractivity contribution in [1.82, 2.24) is 14.9 Å². The second kappa shape index (κ2) is 7.80. The van der Waals surface area contributed by atoms with Crippen LogP contribution >= 0.6 is 0 Å². The first-order valence-corrected chi connectivity index (χ1v) is 9.95. The van der Waals surface area contributed by atoms with Gasteiger partial charge >= 0.3 is 0 Å². The molecule has 1 amide bonds. The molecule has 4 rings (SSSR count). The molecular formula is C21H27N3O3. The molecule has 6 heteroatoms. The van der Waals surface area contributed by atoms with Crippen LogP contribution in [0.25, 0.3) is 10.9 Å². The average Bonchev–Trinajstić information content (AvgIpc) is 2.73. The van der Waals surface area contributed by atoms with Crippen LogP contribution in [-0.2, 0) is 9.53 Å². The molecular weight excluding hydrogens is 342 g/mol. The largest absolute Gasteiger partial charge is 0.381 e. The zero-order chi connectivity index (χ0) is 18.8. The van der Waals surface area contributed by atoms with Crippen molar-refractivity contribution in [3.05, 3.63) is 40.4 Å². The zero-order valence-corrected chi connectivity index (χ0v) is 15.8. The van der Waals surface area contributed by atoms with E-state index in [1.54, 1.807) is 25.4 Å². The van der Waals surface area contributed by atoms with Crippen LogP contribution in [-0.4, -0.2) is 47.1 Å². The highest BCUT2D eigenvalue weighted by molar-refractivity contribution is 5.79. The number of piperidine rings is 1. The number of nitrogens with one attached hydrogen (secondary N) is 1. The molecule has 1 N–H and O–H groups in total. The summed E-state index contributed by atoms with van der Waals surface area (Å²) in [7, 11) is 1.75. The number of rotatable bonds is 3. The lowest BCUT2D eigenvalue weighted by Gasteiger charge is -2.36. The first-order chi connectivity index (χ1) is 13.2. The third-order valence-corrected chi connectivity index (χ3v) is 6.24. The lowest BCUT2D eigenvalue weighted by molar-refractivity contribution is -0.138. The first-order valence-electron chi connectivity index (χ1n) is 9.95. The standard InChI is InChI=1S/C21H27N3O3/c1-27-16-6-4-15(5-7-16)21(26)24-11-8-14(9-12-24)18-13-19-17(20(25)23-18)3-2-10-22-19/h2-3,10,13-16H,4-9,11-12H2,1H3,(H,23,25). The molecule has 0 unspecified atom stereocenters. The summed E-state index contributed by atoms with van der Waals surface area (Å²) >= 11 is 0. The van der Waals surface area contributed by atoms with Crippen molar-refractivity contribution in [3.8, 4) is 0 Å². The average molecular weight is 369 g/mol. The van der Waals surface area contributed by atoms with Crippen LogP contribution in [0.5, 0.6) is 0 Å². The summed E-state index contributed by atoms with van der Waals surface area (Å²) in [6.45, 7) is 1.52. The van der Waals surface area contributed by atoms with E-state index in [9.17, 15) is 9.59 Å². The maximum absolute atomic E-state index is 12.8. The third-order valence-electron chi connectivity index (χ3n) is 6.24. The molecule has 2 aliphatic rings. The van der Waals surface area contributed by atoms with E-state index in [2.05, 4.69) is 9.97 Å². The predicted octanol–water partition coefficient (Wildman–Crippen LogP) is 2.83. The van der Waals surface area contributed by atoms with Crippen LogP contribution in [0.3, 0.4) is 0 Å². The quantitative estimate of drug-likeness (QED) is 0.903. The van der Waals surface area contributed by atoms with E-state index in [0.717, 1.165) is 62.8 Å². The van der Waals surface area contributed by atoms with Gasteiger partial charge in [-0.2, -0.15) is 0 Å². The zero-order valence-electron chi connectivity index (χ0n) is 15.8. The molecule has 0 bridgehead atoms. The van der Waals surface area contributed by atoms with Gasteiger partial charge in [-0.25, -0.2) is 0 Å². The Morgan fingerprint density at radius 1 is 1.19 bits per heavy atom. The monoisotopic (exact) mass is 369 g/mol. The number of amides is 1. The van der Waals surface area contributed by atoms with E-state index < -0.39 is 0 Å². The summed E-state index contributed by atoms with van der Waals surface area (Å²) in [6.07, 6.45) is 7.62. The van der Waals surface area contributed by atoms with Crippen LogP contribution in [0, 0.1) is 5.92 Å². The Morgan fingerprint density at radius 2 is 1.93 bits per heavy atom. The number of fused-ring (bicyclic) bond motifs is 1. The SMILES string of the molecule is COC1CCC(C(=O)N2CCC(c3cc4ncccc4c(=O)[nH]3)CC2)CC1. The number of nitrogens with zero attached hydrogens (tertiary/aromatic N) is 2. The van der Waals surface area contributed by atoms with Gasteiger partial charge in [0.05, 0.1) is 17.0 Å². The minimum atomic E-state index is -0.0796. The molecule has 0 radical (unpaired) electrons. The van der Waals surface area contributed by atoms with E-state index in [0.29, 0.717) is 17.4 Å². The van der Waals surface area contributed by atoms with Gasteiger partial charge < -0.3 is 14.6 Å². The van der Waals surface area contributed by atoms with Crippen molar-refractivity contribution < 1.29 is 9.53 Å². The number of likely N-dealkylation sites (tertiary alicyclic amines) is 1. The third kappa shape index (κ3) is 3.76. The van der Waals surface area contributed by atoms with Crippen LogP contribution in [0.4, 0.5) is 0 Å². The Hall–Kier alpha value is -2.21. The van der Waals surface area contributed by atoms with Crippen LogP contribution in [0.2, 0.25) is 0 Å². The number of carbonyl (C=O) groups excluding carboxylic acids is 1. The normalized spacial score (nSPS) is 24.3. The molecule has 2 fully saturated rings. The smallest absolute Gasteiger partial charge is 0.257 e. The summed E-state index contributed by atoms with van der Waals surface area (Å²) in [5.41, 5.74) is 1.60. The Balaban J connectivity index is 1.39. The topological polar surface area (TPSA) is 75.3 Å². The molecule has 1 aliphatic heterocycles. The molecule has 0 spiro atoms. The van der Waals surface area contributed by atoms with E-state index in [1.807, 2.05) is 11.0 Å². The van der Waals surface area contributed by atoms with Gasteiger partial charge in [-0.1, -0.05) is 0 Å². The van der Waals surface area contributed by atoms with Gasteiger partial charge in [-0.3, -0.25) is 14.6 Å². The van der Waals surface area contributed by atoms with Crippen LogP contribution in [0.15, 0.2) is 29.2 Å². The van der Waals surface area contributed by atoms with Gasteiger partial charge in [-0.05, 0) is 56.7 Å². The van der Waals surface area contributed by atoms with Gasteiger partial charge in [0.2, 0.25) is 5.91 Å². The van der Waals surface area contributed by atoms with Crippen molar-refractivity contribution in [3.63, 3.8) is 0 Å². The summed E-state index contributed by atoms with van der Waals surface area (Å²) < 4.78 is 5.41. The van der Waals surface area contributed by atoms with Crippen molar-refractivity contribution in [2.24, 2.45) is 5.92 Å². The number of methoxy groups -OCH3 is 1. The van der Waals surface area contributed by atoms with Gasteiger partial charge in [0.1, 0.15) is 0 Å². The van der Waals surface area contributed by atoms with E-state index >= 15 is 0 Å². The van der Waals surface area contributed by atoms with Crippen molar-refractivity contribution in [2.45, 2.75) is 50.5 Å². The van der Waals surface area contributed by atoms with Gasteiger partial charge in [-0.15, -0.1) is 0 Å². The highest BCUT2D eigenvalue weighted by Crippen LogP contribution is 2.31. The summed E-state index contributed by atoms with van der Waals surface area (Å²) in [6, 6.07) is 5.57. The maximum Gasteiger partial charge on any atom is 0.257 e. The lowest BCUT2D eigenvalue weighted by atomic mass is 9.85. The number of hydrogen-bond acceptors (Lipinski definition) is 4. The number of hydrogen-bond donors (Lipinski definition) is 1. The highest BCUT2D eigenvalue weighted by Gasteiger charge is 2.32. The molecule has 27 heavy (non-hydrogen) atoms. The minimum Gasteiger partial charge on any atom is -0.381 e. The molecule has 6 nitrogen and oxygen atoms in total. The number of aromatic amines is 1. The molecule has 1 saturated carbocycles. The number of H-pyrrole nitrogens is 1. The molecule has 3 heterocycles.